The Bertz CT molecular complexity index is 839. The summed E-state index contributed by atoms with van der Waals surface area (Å²) in [5.41, 5.74) is 2.48. The molecule has 0 aliphatic heterocycles. The van der Waals surface area contributed by atoms with Crippen LogP contribution in [-0.4, -0.2) is 11.1 Å². The van der Waals surface area contributed by atoms with Gasteiger partial charge < -0.3 is 10.1 Å². The SMILES string of the molecule is O=C(Nc1cccc(NCc2cnc(Cl)s2)c1)OCc1ccccc1. The van der Waals surface area contributed by atoms with Crippen LogP contribution in [0.5, 0.6) is 0 Å². The number of hydrogen-bond donors (Lipinski definition) is 2. The van der Waals surface area contributed by atoms with Gasteiger partial charge in [0, 0.05) is 22.4 Å². The van der Waals surface area contributed by atoms with Gasteiger partial charge in [-0.3, -0.25) is 5.32 Å². The smallest absolute Gasteiger partial charge is 0.411 e. The number of amides is 1. The van der Waals surface area contributed by atoms with E-state index >= 15 is 0 Å². The first-order valence-electron chi connectivity index (χ1n) is 7.61. The second-order valence-electron chi connectivity index (χ2n) is 5.20. The lowest BCUT2D eigenvalue weighted by Crippen LogP contribution is -2.13. The molecular formula is C18H16ClN3O2S. The molecule has 2 aromatic carbocycles. The number of halogens is 1. The summed E-state index contributed by atoms with van der Waals surface area (Å²) in [5.74, 6) is 0. The van der Waals surface area contributed by atoms with Gasteiger partial charge in [-0.15, -0.1) is 11.3 Å². The quantitative estimate of drug-likeness (QED) is 0.626. The van der Waals surface area contributed by atoms with E-state index in [-0.39, 0.29) is 6.61 Å². The lowest BCUT2D eigenvalue weighted by atomic mass is 10.2. The van der Waals surface area contributed by atoms with Crippen molar-refractivity contribution in [3.05, 3.63) is 75.7 Å². The molecule has 0 bridgehead atoms. The van der Waals surface area contributed by atoms with Gasteiger partial charge in [0.2, 0.25) is 0 Å². The highest BCUT2D eigenvalue weighted by Gasteiger charge is 2.05. The predicted octanol–water partition coefficient (Wildman–Crippen LogP) is 5.16. The average molecular weight is 374 g/mol. The third-order valence-electron chi connectivity index (χ3n) is 3.31. The number of nitrogens with one attached hydrogen (secondary N) is 2. The highest BCUT2D eigenvalue weighted by Crippen LogP contribution is 2.20. The number of nitrogens with zero attached hydrogens (tertiary/aromatic N) is 1. The first-order chi connectivity index (χ1) is 12.2. The molecule has 25 heavy (non-hydrogen) atoms. The van der Waals surface area contributed by atoms with E-state index in [1.54, 1.807) is 12.3 Å². The fourth-order valence-corrected chi connectivity index (χ4v) is 3.06. The summed E-state index contributed by atoms with van der Waals surface area (Å²) >= 11 is 7.25. The monoisotopic (exact) mass is 373 g/mol. The molecule has 0 aliphatic carbocycles. The third kappa shape index (κ3) is 5.48. The van der Waals surface area contributed by atoms with E-state index < -0.39 is 6.09 Å². The van der Waals surface area contributed by atoms with Crippen LogP contribution >= 0.6 is 22.9 Å². The molecule has 0 spiro atoms. The van der Waals surface area contributed by atoms with Gasteiger partial charge in [0.05, 0.1) is 6.54 Å². The van der Waals surface area contributed by atoms with Crippen molar-refractivity contribution in [2.24, 2.45) is 0 Å². The van der Waals surface area contributed by atoms with Crippen molar-refractivity contribution in [3.63, 3.8) is 0 Å². The number of thiazole rings is 1. The molecule has 0 fully saturated rings. The molecule has 3 rings (SSSR count). The highest BCUT2D eigenvalue weighted by atomic mass is 35.5. The molecule has 0 atom stereocenters. The normalized spacial score (nSPS) is 10.3. The maximum absolute atomic E-state index is 11.9. The zero-order valence-electron chi connectivity index (χ0n) is 13.2. The number of anilines is 2. The number of benzene rings is 2. The minimum Gasteiger partial charge on any atom is -0.444 e. The molecule has 1 heterocycles. The van der Waals surface area contributed by atoms with Crippen molar-refractivity contribution in [1.29, 1.82) is 0 Å². The van der Waals surface area contributed by atoms with Gasteiger partial charge in [0.1, 0.15) is 6.61 Å². The molecule has 1 amide bonds. The number of hydrogen-bond acceptors (Lipinski definition) is 5. The molecule has 0 saturated carbocycles. The van der Waals surface area contributed by atoms with E-state index in [0.717, 1.165) is 16.1 Å². The minimum absolute atomic E-state index is 0.233. The van der Waals surface area contributed by atoms with Crippen LogP contribution in [0.25, 0.3) is 0 Å². The molecule has 2 N–H and O–H groups in total. The molecule has 128 valence electrons. The molecule has 1 aromatic heterocycles. The van der Waals surface area contributed by atoms with Crippen molar-refractivity contribution in [2.45, 2.75) is 13.2 Å². The van der Waals surface area contributed by atoms with Gasteiger partial charge >= 0.3 is 6.09 Å². The summed E-state index contributed by atoms with van der Waals surface area (Å²) in [6.45, 7) is 0.850. The summed E-state index contributed by atoms with van der Waals surface area (Å²) in [4.78, 5) is 16.9. The molecule has 3 aromatic rings. The van der Waals surface area contributed by atoms with Crippen LogP contribution in [0.4, 0.5) is 16.2 Å². The highest BCUT2D eigenvalue weighted by molar-refractivity contribution is 7.15. The fourth-order valence-electron chi connectivity index (χ4n) is 2.14. The number of carbonyl (C=O) groups excluding carboxylic acids is 1. The summed E-state index contributed by atoms with van der Waals surface area (Å²) < 4.78 is 5.73. The minimum atomic E-state index is -0.491. The van der Waals surface area contributed by atoms with Crippen LogP contribution in [-0.2, 0) is 17.9 Å². The van der Waals surface area contributed by atoms with Crippen LogP contribution < -0.4 is 10.6 Å². The standard InChI is InChI=1S/C18H16ClN3O2S/c19-17-21-11-16(25-17)10-20-14-7-4-8-15(9-14)22-18(23)24-12-13-5-2-1-3-6-13/h1-9,11,20H,10,12H2,(H,22,23). The Hall–Kier alpha value is -2.57. The van der Waals surface area contributed by atoms with Crippen molar-refractivity contribution >= 4 is 40.4 Å². The van der Waals surface area contributed by atoms with Gasteiger partial charge in [0.15, 0.2) is 4.47 Å². The van der Waals surface area contributed by atoms with E-state index in [4.69, 9.17) is 16.3 Å². The van der Waals surface area contributed by atoms with Gasteiger partial charge in [0.25, 0.3) is 0 Å². The van der Waals surface area contributed by atoms with Crippen LogP contribution in [0.15, 0.2) is 60.8 Å². The Kier molecular flexibility index (Phi) is 5.87. The molecule has 0 saturated heterocycles. The zero-order valence-corrected chi connectivity index (χ0v) is 14.8. The summed E-state index contributed by atoms with van der Waals surface area (Å²) in [6, 6.07) is 17.0. The Morgan fingerprint density at radius 2 is 1.92 bits per heavy atom. The molecular weight excluding hydrogens is 358 g/mol. The molecule has 5 nitrogen and oxygen atoms in total. The van der Waals surface area contributed by atoms with E-state index in [1.165, 1.54) is 11.3 Å². The summed E-state index contributed by atoms with van der Waals surface area (Å²) in [5, 5.41) is 5.99. The second kappa shape index (κ2) is 8.50. The van der Waals surface area contributed by atoms with Gasteiger partial charge in [-0.05, 0) is 23.8 Å². The number of rotatable bonds is 6. The largest absolute Gasteiger partial charge is 0.444 e. The topological polar surface area (TPSA) is 63.2 Å². The van der Waals surface area contributed by atoms with E-state index in [9.17, 15) is 4.79 Å². The molecule has 7 heteroatoms. The lowest BCUT2D eigenvalue weighted by Gasteiger charge is -2.09. The Labute approximate surface area is 154 Å². The summed E-state index contributed by atoms with van der Waals surface area (Å²) in [6.07, 6.45) is 1.25. The first-order valence-corrected chi connectivity index (χ1v) is 8.80. The zero-order chi connectivity index (χ0) is 17.5. The third-order valence-corrected chi connectivity index (χ3v) is 4.43. The molecule has 0 aliphatic rings. The maximum atomic E-state index is 11.9. The van der Waals surface area contributed by atoms with Crippen molar-refractivity contribution in [1.82, 2.24) is 4.98 Å². The maximum Gasteiger partial charge on any atom is 0.411 e. The van der Waals surface area contributed by atoms with Gasteiger partial charge in [-0.2, -0.15) is 0 Å². The van der Waals surface area contributed by atoms with E-state index in [2.05, 4.69) is 15.6 Å². The Balaban J connectivity index is 1.51. The van der Waals surface area contributed by atoms with Crippen LogP contribution in [0.3, 0.4) is 0 Å². The van der Waals surface area contributed by atoms with Crippen LogP contribution in [0.1, 0.15) is 10.4 Å². The van der Waals surface area contributed by atoms with Crippen molar-refractivity contribution in [3.8, 4) is 0 Å². The lowest BCUT2D eigenvalue weighted by molar-refractivity contribution is 0.155. The molecule has 0 radical (unpaired) electrons. The van der Waals surface area contributed by atoms with Gasteiger partial charge in [-0.25, -0.2) is 9.78 Å². The second-order valence-corrected chi connectivity index (χ2v) is 6.90. The number of ether oxygens (including phenoxy) is 1. The van der Waals surface area contributed by atoms with Crippen LogP contribution in [0, 0.1) is 0 Å². The number of carbonyl (C=O) groups is 1. The van der Waals surface area contributed by atoms with E-state index in [0.29, 0.717) is 16.7 Å². The first kappa shape index (κ1) is 17.3. The fraction of sp³-hybridized carbons (Fsp3) is 0.111. The Morgan fingerprint density at radius 3 is 2.68 bits per heavy atom. The predicted molar refractivity (Wildman–Crippen MR) is 101 cm³/mol. The van der Waals surface area contributed by atoms with Gasteiger partial charge in [-0.1, -0.05) is 48.0 Å². The average Bonchev–Trinajstić information content (AvgIpc) is 3.05. The molecule has 0 unspecified atom stereocenters. The van der Waals surface area contributed by atoms with E-state index in [1.807, 2.05) is 48.5 Å². The number of aromatic nitrogens is 1. The van der Waals surface area contributed by atoms with Crippen LogP contribution in [0.2, 0.25) is 4.47 Å². The summed E-state index contributed by atoms with van der Waals surface area (Å²) in [7, 11) is 0. The Morgan fingerprint density at radius 1 is 1.12 bits per heavy atom. The van der Waals surface area contributed by atoms with Crippen molar-refractivity contribution in [2.75, 3.05) is 10.6 Å². The van der Waals surface area contributed by atoms with Crippen molar-refractivity contribution < 1.29 is 9.53 Å².